The van der Waals surface area contributed by atoms with E-state index in [0.29, 0.717) is 18.7 Å². The molecule has 0 atom stereocenters. The monoisotopic (exact) mass is 249 g/mol. The molecule has 0 radical (unpaired) electrons. The van der Waals surface area contributed by atoms with Crippen molar-refractivity contribution in [3.8, 4) is 0 Å². The van der Waals surface area contributed by atoms with E-state index in [4.69, 9.17) is 4.74 Å². The molecule has 0 bridgehead atoms. The fraction of sp³-hybridized carbons (Fsp3) is 0.600. The summed E-state index contributed by atoms with van der Waals surface area (Å²) in [6.45, 7) is 6.97. The first-order valence-corrected chi connectivity index (χ1v) is 4.62. The Hall–Kier alpha value is 0.436. The maximum absolute atomic E-state index is 10.7. The van der Waals surface area contributed by atoms with E-state index < -0.39 is 0 Å². The Labute approximate surface area is 137 Å². The average Bonchev–Trinajstić information content (AvgIpc) is 2.37. The van der Waals surface area contributed by atoms with Crippen LogP contribution < -0.4 is 51.4 Å². The van der Waals surface area contributed by atoms with Gasteiger partial charge in [0.15, 0.2) is 0 Å². The van der Waals surface area contributed by atoms with Gasteiger partial charge in [-0.25, -0.2) is 0 Å². The number of nitrogens with zero attached hydrogens (tertiary/aromatic N) is 2. The van der Waals surface area contributed by atoms with E-state index in [1.165, 1.54) is 0 Å². The molecule has 0 amide bonds. The van der Waals surface area contributed by atoms with E-state index in [9.17, 15) is 4.79 Å². The number of hydrogen-bond acceptors (Lipinski definition) is 4. The summed E-state index contributed by atoms with van der Waals surface area (Å²) in [5.41, 5.74) is 1.93. The van der Waals surface area contributed by atoms with Gasteiger partial charge in [0.05, 0.1) is 18.4 Å². The van der Waals surface area contributed by atoms with Crippen molar-refractivity contribution >= 4 is 6.29 Å². The summed E-state index contributed by atoms with van der Waals surface area (Å²) in [5.74, 6) is 0. The molecule has 2 rings (SSSR count). The van der Waals surface area contributed by atoms with Crippen LogP contribution in [0.25, 0.3) is 0 Å². The molecule has 1 aliphatic heterocycles. The Bertz CT molecular complexity index is 388. The standard InChI is InChI=1S/C10H13N2O2.K.H2O/c1-7-8(4-13)9-5-14-10(2,3)6-12(9)11-7;;/h5-6H2,1-3H3;;1H2/q-1;+1;/p-1. The molecule has 6 heteroatoms. The van der Waals surface area contributed by atoms with Gasteiger partial charge in [-0.3, -0.25) is 5.10 Å². The van der Waals surface area contributed by atoms with Crippen LogP contribution in [0, 0.1) is 6.92 Å². The van der Waals surface area contributed by atoms with Crippen molar-refractivity contribution in [1.82, 2.24) is 9.78 Å². The van der Waals surface area contributed by atoms with Gasteiger partial charge in [-0.15, -0.1) is 5.56 Å². The van der Waals surface area contributed by atoms with Crippen molar-refractivity contribution in [3.63, 3.8) is 0 Å². The second-order valence-corrected chi connectivity index (χ2v) is 4.22. The van der Waals surface area contributed by atoms with E-state index in [2.05, 4.69) is 5.10 Å². The van der Waals surface area contributed by atoms with Gasteiger partial charge < -0.3 is 19.7 Å². The summed E-state index contributed by atoms with van der Waals surface area (Å²) < 4.78 is 7.45. The maximum Gasteiger partial charge on any atom is 1.00 e. The van der Waals surface area contributed by atoms with Gasteiger partial charge in [0.25, 0.3) is 0 Å². The van der Waals surface area contributed by atoms with Crippen molar-refractivity contribution in [3.05, 3.63) is 17.0 Å². The van der Waals surface area contributed by atoms with Crippen LogP contribution >= 0.6 is 0 Å². The van der Waals surface area contributed by atoms with Gasteiger partial charge in [-0.2, -0.15) is 0 Å². The minimum atomic E-state index is -0.203. The molecule has 16 heavy (non-hydrogen) atoms. The number of carbonyl (C=O) groups excluding carboxylic acids is 1. The molecule has 1 aromatic rings. The molecule has 2 heterocycles. The van der Waals surface area contributed by atoms with Crippen LogP contribution in [0.2, 0.25) is 0 Å². The predicted molar refractivity (Wildman–Crippen MR) is 52.6 cm³/mol. The van der Waals surface area contributed by atoms with Crippen LogP contribution in [-0.2, 0) is 22.7 Å². The first kappa shape index (κ1) is 16.4. The van der Waals surface area contributed by atoms with Crippen molar-refractivity contribution < 1.29 is 66.4 Å². The molecule has 1 aliphatic rings. The van der Waals surface area contributed by atoms with Crippen molar-refractivity contribution in [2.45, 2.75) is 39.5 Å². The van der Waals surface area contributed by atoms with Crippen LogP contribution in [0.4, 0.5) is 0 Å². The van der Waals surface area contributed by atoms with E-state index >= 15 is 0 Å². The zero-order chi connectivity index (χ0) is 10.3. The number of rotatable bonds is 1. The first-order valence-electron chi connectivity index (χ1n) is 4.62. The molecule has 0 aromatic carbocycles. The van der Waals surface area contributed by atoms with Crippen LogP contribution in [0.15, 0.2) is 0 Å². The summed E-state index contributed by atoms with van der Waals surface area (Å²) in [7, 11) is 0. The molecule has 0 saturated heterocycles. The summed E-state index contributed by atoms with van der Waals surface area (Å²) in [6, 6.07) is 0. The van der Waals surface area contributed by atoms with Crippen LogP contribution in [0.3, 0.4) is 0 Å². The van der Waals surface area contributed by atoms with Gasteiger partial charge in [-0.1, -0.05) is 6.92 Å². The van der Waals surface area contributed by atoms with Crippen molar-refractivity contribution in [2.24, 2.45) is 0 Å². The number of hydrogen-bond donors (Lipinski definition) is 0. The van der Waals surface area contributed by atoms with Crippen LogP contribution in [-0.4, -0.2) is 27.1 Å². The Morgan fingerprint density at radius 1 is 1.50 bits per heavy atom. The second kappa shape index (κ2) is 5.86. The second-order valence-electron chi connectivity index (χ2n) is 4.22. The van der Waals surface area contributed by atoms with E-state index in [0.717, 1.165) is 11.4 Å². The fourth-order valence-corrected chi connectivity index (χ4v) is 1.71. The van der Waals surface area contributed by atoms with Gasteiger partial charge in [-0.05, 0) is 25.2 Å². The molecule has 0 spiro atoms. The third-order valence-corrected chi connectivity index (χ3v) is 2.46. The Balaban J connectivity index is 0.00000112. The predicted octanol–water partition coefficient (Wildman–Crippen LogP) is -2.21. The SMILES string of the molecule is Cc1nn2c(c1[C-]=O)COC(C)(C)C2.[K+].[OH-]. The molecule has 1 aromatic heterocycles. The smallest absolute Gasteiger partial charge is 0.870 e. The van der Waals surface area contributed by atoms with Gasteiger partial charge >= 0.3 is 51.4 Å². The molecular weight excluding hydrogens is 235 g/mol. The molecule has 0 unspecified atom stereocenters. The van der Waals surface area contributed by atoms with Crippen molar-refractivity contribution in [2.75, 3.05) is 0 Å². The topological polar surface area (TPSA) is 74.1 Å². The van der Waals surface area contributed by atoms with Gasteiger partial charge in [0.2, 0.25) is 0 Å². The van der Waals surface area contributed by atoms with Crippen molar-refractivity contribution in [1.29, 1.82) is 0 Å². The number of aryl methyl sites for hydroxylation is 1. The molecular formula is C10H14KN2O3-. The van der Waals surface area contributed by atoms with E-state index in [-0.39, 0.29) is 62.5 Å². The molecule has 0 fully saturated rings. The minimum absolute atomic E-state index is 0. The Morgan fingerprint density at radius 2 is 2.12 bits per heavy atom. The summed E-state index contributed by atoms with van der Waals surface area (Å²) in [6.07, 6.45) is 1.92. The largest absolute Gasteiger partial charge is 1.00 e. The molecule has 5 nitrogen and oxygen atoms in total. The quantitative estimate of drug-likeness (QED) is 0.418. The maximum atomic E-state index is 10.7. The van der Waals surface area contributed by atoms with E-state index in [1.54, 1.807) is 0 Å². The summed E-state index contributed by atoms with van der Waals surface area (Å²) >= 11 is 0. The Kier molecular flexibility index (Phi) is 6.02. The minimum Gasteiger partial charge on any atom is -0.870 e. The summed E-state index contributed by atoms with van der Waals surface area (Å²) in [4.78, 5) is 10.7. The third kappa shape index (κ3) is 3.01. The third-order valence-electron chi connectivity index (χ3n) is 2.46. The zero-order valence-electron chi connectivity index (χ0n) is 10.1. The van der Waals surface area contributed by atoms with Crippen LogP contribution in [0.5, 0.6) is 0 Å². The molecule has 0 aliphatic carbocycles. The molecule has 84 valence electrons. The molecule has 1 N–H and O–H groups in total. The van der Waals surface area contributed by atoms with Crippen LogP contribution in [0.1, 0.15) is 30.8 Å². The first-order chi connectivity index (χ1) is 6.53. The number of aromatic nitrogens is 2. The van der Waals surface area contributed by atoms with Gasteiger partial charge in [0, 0.05) is 6.61 Å². The van der Waals surface area contributed by atoms with E-state index in [1.807, 2.05) is 31.7 Å². The Morgan fingerprint density at radius 3 is 2.69 bits per heavy atom. The summed E-state index contributed by atoms with van der Waals surface area (Å²) in [5, 5.41) is 4.29. The molecule has 0 saturated carbocycles. The number of ether oxygens (including phenoxy) is 1. The zero-order valence-corrected chi connectivity index (χ0v) is 13.2. The average molecular weight is 249 g/mol. The normalized spacial score (nSPS) is 16.7. The fourth-order valence-electron chi connectivity index (χ4n) is 1.71. The number of fused-ring (bicyclic) bond motifs is 1. The van der Waals surface area contributed by atoms with Gasteiger partial charge in [0.1, 0.15) is 0 Å².